The van der Waals surface area contributed by atoms with Gasteiger partial charge < -0.3 is 10.1 Å². The fourth-order valence-electron chi connectivity index (χ4n) is 2.13. The first-order chi connectivity index (χ1) is 8.86. The fraction of sp³-hybridized carbons (Fsp3) is 0.133. The highest BCUT2D eigenvalue weighted by Gasteiger charge is 2.02. The van der Waals surface area contributed by atoms with Crippen molar-refractivity contribution in [2.24, 2.45) is 0 Å². The monoisotopic (exact) mass is 238 g/mol. The van der Waals surface area contributed by atoms with Crippen molar-refractivity contribution in [1.82, 2.24) is 9.97 Å². The third kappa shape index (κ3) is 2.00. The van der Waals surface area contributed by atoms with E-state index >= 15 is 0 Å². The van der Waals surface area contributed by atoms with E-state index in [0.717, 1.165) is 27.7 Å². The summed E-state index contributed by atoms with van der Waals surface area (Å²) in [6, 6.07) is 12.4. The number of nitrogens with zero attached hydrogens (tertiary/aromatic N) is 1. The number of fused-ring (bicyclic) bond motifs is 1. The van der Waals surface area contributed by atoms with Crippen LogP contribution in [0.15, 0.2) is 48.8 Å². The molecule has 0 amide bonds. The molecule has 90 valence electrons. The molecule has 0 spiro atoms. The molecule has 0 aliphatic carbocycles. The van der Waals surface area contributed by atoms with Gasteiger partial charge in [-0.05, 0) is 29.7 Å². The van der Waals surface area contributed by atoms with Gasteiger partial charge in [0.25, 0.3) is 0 Å². The average Bonchev–Trinajstić information content (AvgIpc) is 2.86. The minimum absolute atomic E-state index is 0.179. The molecule has 2 heterocycles. The summed E-state index contributed by atoms with van der Waals surface area (Å²) in [6.07, 6.45) is 4.45. The molecule has 0 fully saturated rings. The van der Waals surface area contributed by atoms with E-state index in [1.54, 1.807) is 0 Å². The molecule has 1 aromatic carbocycles. The van der Waals surface area contributed by atoms with Gasteiger partial charge in [-0.1, -0.05) is 24.3 Å². The fourth-order valence-corrected chi connectivity index (χ4v) is 2.13. The number of H-pyrrole nitrogens is 1. The van der Waals surface area contributed by atoms with Crippen molar-refractivity contribution in [3.63, 3.8) is 0 Å². The minimum atomic E-state index is 0.179. The van der Waals surface area contributed by atoms with Crippen molar-refractivity contribution in [2.75, 3.05) is 6.61 Å². The van der Waals surface area contributed by atoms with Crippen LogP contribution < -0.4 is 0 Å². The van der Waals surface area contributed by atoms with Crippen LogP contribution in [0.1, 0.15) is 5.56 Å². The third-order valence-electron chi connectivity index (χ3n) is 3.06. The van der Waals surface area contributed by atoms with E-state index in [0.29, 0.717) is 6.42 Å². The molecule has 0 aliphatic heterocycles. The zero-order valence-electron chi connectivity index (χ0n) is 9.93. The van der Waals surface area contributed by atoms with Crippen molar-refractivity contribution in [3.05, 3.63) is 54.4 Å². The van der Waals surface area contributed by atoms with E-state index in [4.69, 9.17) is 5.11 Å². The predicted octanol–water partition coefficient (Wildman–Crippen LogP) is 2.76. The van der Waals surface area contributed by atoms with Gasteiger partial charge in [0.1, 0.15) is 5.65 Å². The molecule has 18 heavy (non-hydrogen) atoms. The molecule has 0 saturated carbocycles. The second kappa shape index (κ2) is 4.63. The predicted molar refractivity (Wildman–Crippen MR) is 72.3 cm³/mol. The molecule has 3 heteroatoms. The Morgan fingerprint density at radius 1 is 1.11 bits per heavy atom. The van der Waals surface area contributed by atoms with Crippen LogP contribution in [-0.4, -0.2) is 21.7 Å². The zero-order chi connectivity index (χ0) is 12.4. The molecule has 3 rings (SSSR count). The number of aromatic nitrogens is 2. The summed E-state index contributed by atoms with van der Waals surface area (Å²) in [6.45, 7) is 0.179. The lowest BCUT2D eigenvalue weighted by Gasteiger charge is -2.04. The highest BCUT2D eigenvalue weighted by atomic mass is 16.2. The highest BCUT2D eigenvalue weighted by molar-refractivity contribution is 5.81. The molecule has 0 unspecified atom stereocenters. The maximum absolute atomic E-state index is 8.98. The van der Waals surface area contributed by atoms with Crippen LogP contribution in [0.25, 0.3) is 22.2 Å². The first-order valence-electron chi connectivity index (χ1n) is 6.00. The van der Waals surface area contributed by atoms with Gasteiger partial charge in [0.2, 0.25) is 0 Å². The van der Waals surface area contributed by atoms with Gasteiger partial charge in [-0.25, -0.2) is 4.98 Å². The van der Waals surface area contributed by atoms with E-state index in [-0.39, 0.29) is 6.61 Å². The van der Waals surface area contributed by atoms with Gasteiger partial charge in [0.05, 0.1) is 0 Å². The largest absolute Gasteiger partial charge is 0.396 e. The number of aromatic amines is 1. The quantitative estimate of drug-likeness (QED) is 0.737. The summed E-state index contributed by atoms with van der Waals surface area (Å²) in [5.74, 6) is 0. The van der Waals surface area contributed by atoms with E-state index in [1.165, 1.54) is 0 Å². The lowest BCUT2D eigenvalue weighted by Crippen LogP contribution is -1.91. The first-order valence-corrected chi connectivity index (χ1v) is 6.00. The van der Waals surface area contributed by atoms with Crippen LogP contribution in [0.2, 0.25) is 0 Å². The van der Waals surface area contributed by atoms with Gasteiger partial charge in [-0.3, -0.25) is 0 Å². The van der Waals surface area contributed by atoms with Crippen molar-refractivity contribution in [1.29, 1.82) is 0 Å². The Labute approximate surface area is 105 Å². The van der Waals surface area contributed by atoms with Crippen LogP contribution in [0, 0.1) is 0 Å². The van der Waals surface area contributed by atoms with E-state index in [9.17, 15) is 0 Å². The molecule has 0 aliphatic rings. The van der Waals surface area contributed by atoms with Gasteiger partial charge in [0.15, 0.2) is 0 Å². The number of aliphatic hydroxyl groups excluding tert-OH is 1. The Balaban J connectivity index is 2.04. The zero-order valence-corrected chi connectivity index (χ0v) is 9.93. The lowest BCUT2D eigenvalue weighted by atomic mass is 10.0. The Hall–Kier alpha value is -2.13. The van der Waals surface area contributed by atoms with Crippen LogP contribution in [0.5, 0.6) is 0 Å². The number of aliphatic hydroxyl groups is 1. The number of nitrogens with one attached hydrogen (secondary N) is 1. The second-order valence-electron chi connectivity index (χ2n) is 4.31. The van der Waals surface area contributed by atoms with Crippen molar-refractivity contribution >= 4 is 11.0 Å². The maximum Gasteiger partial charge on any atom is 0.137 e. The van der Waals surface area contributed by atoms with E-state index < -0.39 is 0 Å². The van der Waals surface area contributed by atoms with Crippen LogP contribution in [0.3, 0.4) is 0 Å². The normalized spacial score (nSPS) is 10.9. The summed E-state index contributed by atoms with van der Waals surface area (Å²) in [4.78, 5) is 7.47. The summed E-state index contributed by atoms with van der Waals surface area (Å²) in [7, 11) is 0. The first kappa shape index (κ1) is 11.0. The van der Waals surface area contributed by atoms with Gasteiger partial charge in [-0.2, -0.15) is 0 Å². The average molecular weight is 238 g/mol. The minimum Gasteiger partial charge on any atom is -0.396 e. The van der Waals surface area contributed by atoms with Crippen LogP contribution in [-0.2, 0) is 6.42 Å². The third-order valence-corrected chi connectivity index (χ3v) is 3.06. The molecular weight excluding hydrogens is 224 g/mol. The number of rotatable bonds is 3. The SMILES string of the molecule is OCCc1cccc(-c2cnc3[nH]ccc3c2)c1. The van der Waals surface area contributed by atoms with Crippen molar-refractivity contribution in [2.45, 2.75) is 6.42 Å². The molecule has 0 atom stereocenters. The van der Waals surface area contributed by atoms with E-state index in [1.807, 2.05) is 30.6 Å². The van der Waals surface area contributed by atoms with Crippen molar-refractivity contribution in [3.8, 4) is 11.1 Å². The number of hydrogen-bond acceptors (Lipinski definition) is 2. The number of pyridine rings is 1. The number of benzene rings is 1. The molecule has 3 nitrogen and oxygen atoms in total. The molecule has 3 aromatic rings. The summed E-state index contributed by atoms with van der Waals surface area (Å²) in [5.41, 5.74) is 4.29. The molecule has 2 N–H and O–H groups in total. The smallest absolute Gasteiger partial charge is 0.137 e. The molecule has 0 radical (unpaired) electrons. The lowest BCUT2D eigenvalue weighted by molar-refractivity contribution is 0.299. The maximum atomic E-state index is 8.98. The van der Waals surface area contributed by atoms with Gasteiger partial charge >= 0.3 is 0 Å². The Bertz CT molecular complexity index is 673. The molecule has 2 aromatic heterocycles. The van der Waals surface area contributed by atoms with Crippen LogP contribution in [0.4, 0.5) is 0 Å². The van der Waals surface area contributed by atoms with E-state index in [2.05, 4.69) is 28.2 Å². The molecule has 0 bridgehead atoms. The standard InChI is InChI=1S/C15H14N2O/c18-7-5-11-2-1-3-12(8-11)14-9-13-4-6-16-15(13)17-10-14/h1-4,6,8-10,18H,5,7H2,(H,16,17). The van der Waals surface area contributed by atoms with Gasteiger partial charge in [-0.15, -0.1) is 0 Å². The molecular formula is C15H14N2O. The Morgan fingerprint density at radius 2 is 2.06 bits per heavy atom. The number of hydrogen-bond donors (Lipinski definition) is 2. The summed E-state index contributed by atoms with van der Waals surface area (Å²) in [5, 5.41) is 10.1. The molecule has 0 saturated heterocycles. The van der Waals surface area contributed by atoms with Crippen molar-refractivity contribution < 1.29 is 5.11 Å². The second-order valence-corrected chi connectivity index (χ2v) is 4.31. The summed E-state index contributed by atoms with van der Waals surface area (Å²) >= 11 is 0. The van der Waals surface area contributed by atoms with Crippen LogP contribution >= 0.6 is 0 Å². The topological polar surface area (TPSA) is 48.9 Å². The summed E-state index contributed by atoms with van der Waals surface area (Å²) < 4.78 is 0. The van der Waals surface area contributed by atoms with Gasteiger partial charge in [0, 0.05) is 30.0 Å². The Morgan fingerprint density at radius 3 is 2.94 bits per heavy atom. The Kier molecular flexibility index (Phi) is 2.82. The highest BCUT2D eigenvalue weighted by Crippen LogP contribution is 2.23.